The number of rotatable bonds is 6. The van der Waals surface area contributed by atoms with E-state index in [1.54, 1.807) is 5.57 Å². The Kier molecular flexibility index (Phi) is 6.57. The summed E-state index contributed by atoms with van der Waals surface area (Å²) in [5, 5.41) is 0. The molecule has 3 rings (SSSR count). The highest BCUT2D eigenvalue weighted by molar-refractivity contribution is 7.06. The molecule has 1 unspecified atom stereocenters. The SMILES string of the molecule is CC(C)C1=Cc2c(-c3ccc(C(C)(C)C)cc3)cccc2C1CCC[Si](C)Cl. The first-order chi connectivity index (χ1) is 13.2. The Hall–Kier alpha value is -1.31. The summed E-state index contributed by atoms with van der Waals surface area (Å²) in [4.78, 5) is 0. The Labute approximate surface area is 178 Å². The van der Waals surface area contributed by atoms with Crippen molar-refractivity contribution in [2.75, 3.05) is 0 Å². The van der Waals surface area contributed by atoms with E-state index in [-0.39, 0.29) is 5.41 Å². The maximum atomic E-state index is 6.30. The van der Waals surface area contributed by atoms with E-state index in [1.165, 1.54) is 46.7 Å². The van der Waals surface area contributed by atoms with Gasteiger partial charge in [-0.05, 0) is 51.6 Å². The van der Waals surface area contributed by atoms with Crippen molar-refractivity contribution in [3.8, 4) is 11.1 Å². The molecule has 0 amide bonds. The minimum Gasteiger partial charge on any atom is -0.169 e. The van der Waals surface area contributed by atoms with Crippen molar-refractivity contribution in [2.24, 2.45) is 5.92 Å². The molecule has 2 heteroatoms. The molecule has 2 aromatic carbocycles. The molecular formula is C26H34ClSi. The summed E-state index contributed by atoms with van der Waals surface area (Å²) in [7, 11) is -0.654. The second-order valence-corrected chi connectivity index (χ2v) is 13.3. The molecule has 0 fully saturated rings. The molecular weight excluding hydrogens is 376 g/mol. The van der Waals surface area contributed by atoms with Gasteiger partial charge in [-0.25, -0.2) is 0 Å². The van der Waals surface area contributed by atoms with Crippen molar-refractivity contribution in [3.63, 3.8) is 0 Å². The minimum absolute atomic E-state index is 0.189. The van der Waals surface area contributed by atoms with Crippen LogP contribution in [0, 0.1) is 5.92 Å². The molecule has 0 saturated carbocycles. The molecule has 1 aliphatic carbocycles. The Bertz CT molecular complexity index is 838. The molecule has 0 spiro atoms. The molecule has 0 heterocycles. The summed E-state index contributed by atoms with van der Waals surface area (Å²) in [6, 6.07) is 17.2. The second-order valence-electron chi connectivity index (χ2n) is 9.56. The largest absolute Gasteiger partial charge is 0.169 e. The third kappa shape index (κ3) is 4.63. The first-order valence-corrected chi connectivity index (χ1v) is 13.8. The molecule has 1 aliphatic rings. The van der Waals surface area contributed by atoms with E-state index < -0.39 is 8.11 Å². The van der Waals surface area contributed by atoms with Crippen LogP contribution in [0.2, 0.25) is 12.6 Å². The fourth-order valence-corrected chi connectivity index (χ4v) is 5.43. The van der Waals surface area contributed by atoms with Crippen LogP contribution in [0.3, 0.4) is 0 Å². The summed E-state index contributed by atoms with van der Waals surface area (Å²) in [6.07, 6.45) is 4.93. The summed E-state index contributed by atoms with van der Waals surface area (Å²) in [5.41, 5.74) is 8.81. The van der Waals surface area contributed by atoms with Crippen LogP contribution in [-0.2, 0) is 5.41 Å². The van der Waals surface area contributed by atoms with Crippen LogP contribution < -0.4 is 0 Å². The quantitative estimate of drug-likeness (QED) is 0.331. The first-order valence-electron chi connectivity index (χ1n) is 10.6. The minimum atomic E-state index is -0.654. The molecule has 1 atom stereocenters. The number of allylic oxidation sites excluding steroid dienone is 1. The highest BCUT2D eigenvalue weighted by Gasteiger charge is 2.28. The van der Waals surface area contributed by atoms with Crippen LogP contribution in [0.4, 0.5) is 0 Å². The second kappa shape index (κ2) is 8.59. The fraction of sp³-hybridized carbons (Fsp3) is 0.462. The molecule has 28 heavy (non-hydrogen) atoms. The van der Waals surface area contributed by atoms with Crippen molar-refractivity contribution in [3.05, 3.63) is 64.7 Å². The number of halogens is 1. The van der Waals surface area contributed by atoms with E-state index in [0.717, 1.165) is 0 Å². The zero-order chi connectivity index (χ0) is 20.5. The highest BCUT2D eigenvalue weighted by atomic mass is 35.6. The molecule has 0 aromatic heterocycles. The highest BCUT2D eigenvalue weighted by Crippen LogP contribution is 2.46. The Morgan fingerprint density at radius 1 is 1.04 bits per heavy atom. The lowest BCUT2D eigenvalue weighted by Gasteiger charge is -2.21. The summed E-state index contributed by atoms with van der Waals surface area (Å²) in [6.45, 7) is 13.7. The van der Waals surface area contributed by atoms with Crippen molar-refractivity contribution >= 4 is 25.3 Å². The zero-order valence-corrected chi connectivity index (χ0v) is 20.0. The summed E-state index contributed by atoms with van der Waals surface area (Å²) in [5.74, 6) is 1.14. The summed E-state index contributed by atoms with van der Waals surface area (Å²) < 4.78 is 0. The number of fused-ring (bicyclic) bond motifs is 1. The third-order valence-electron chi connectivity index (χ3n) is 5.97. The third-order valence-corrected chi connectivity index (χ3v) is 7.58. The molecule has 0 nitrogen and oxygen atoms in total. The van der Waals surface area contributed by atoms with Gasteiger partial charge in [0.05, 0.1) is 0 Å². The lowest BCUT2D eigenvalue weighted by molar-refractivity contribution is 0.590. The van der Waals surface area contributed by atoms with Gasteiger partial charge in [-0.15, -0.1) is 0 Å². The number of hydrogen-bond donors (Lipinski definition) is 0. The van der Waals surface area contributed by atoms with Crippen molar-refractivity contribution in [1.29, 1.82) is 0 Å². The molecule has 149 valence electrons. The van der Waals surface area contributed by atoms with Gasteiger partial charge in [0.1, 0.15) is 0 Å². The van der Waals surface area contributed by atoms with Crippen LogP contribution in [-0.4, -0.2) is 8.11 Å². The maximum Gasteiger partial charge on any atom is 0.162 e. The van der Waals surface area contributed by atoms with Crippen LogP contribution in [0.5, 0.6) is 0 Å². The molecule has 2 aromatic rings. The van der Waals surface area contributed by atoms with E-state index in [2.05, 4.69) is 89.7 Å². The van der Waals surface area contributed by atoms with Gasteiger partial charge in [0.15, 0.2) is 8.11 Å². The van der Waals surface area contributed by atoms with E-state index in [1.807, 2.05) is 0 Å². The van der Waals surface area contributed by atoms with Crippen LogP contribution in [0.1, 0.15) is 70.1 Å². The van der Waals surface area contributed by atoms with E-state index >= 15 is 0 Å². The molecule has 1 radical (unpaired) electrons. The average molecular weight is 410 g/mol. The lowest BCUT2D eigenvalue weighted by Crippen LogP contribution is -2.10. The zero-order valence-electron chi connectivity index (χ0n) is 18.3. The van der Waals surface area contributed by atoms with Crippen LogP contribution in [0.15, 0.2) is 48.0 Å². The van der Waals surface area contributed by atoms with Crippen molar-refractivity contribution in [2.45, 2.75) is 71.4 Å². The molecule has 0 bridgehead atoms. The van der Waals surface area contributed by atoms with Gasteiger partial charge in [-0.1, -0.05) is 102 Å². The van der Waals surface area contributed by atoms with Crippen LogP contribution in [0.25, 0.3) is 17.2 Å². The van der Waals surface area contributed by atoms with Gasteiger partial charge in [0.25, 0.3) is 0 Å². The molecule has 0 N–H and O–H groups in total. The van der Waals surface area contributed by atoms with E-state index in [4.69, 9.17) is 11.1 Å². The average Bonchev–Trinajstić information content (AvgIpc) is 3.00. The summed E-state index contributed by atoms with van der Waals surface area (Å²) >= 11 is 6.30. The first kappa shape index (κ1) is 21.4. The molecule has 0 saturated heterocycles. The topological polar surface area (TPSA) is 0 Å². The van der Waals surface area contributed by atoms with Crippen molar-refractivity contribution < 1.29 is 0 Å². The Balaban J connectivity index is 1.96. The predicted octanol–water partition coefficient (Wildman–Crippen LogP) is 8.43. The Morgan fingerprint density at radius 3 is 2.29 bits per heavy atom. The fourth-order valence-electron chi connectivity index (χ4n) is 4.34. The van der Waals surface area contributed by atoms with E-state index in [0.29, 0.717) is 11.8 Å². The van der Waals surface area contributed by atoms with Gasteiger partial charge in [0, 0.05) is 5.92 Å². The molecule has 0 aliphatic heterocycles. The van der Waals surface area contributed by atoms with E-state index in [9.17, 15) is 0 Å². The van der Waals surface area contributed by atoms with Gasteiger partial charge in [-0.3, -0.25) is 0 Å². The normalized spacial score (nSPS) is 16.6. The van der Waals surface area contributed by atoms with Crippen LogP contribution >= 0.6 is 11.1 Å². The monoisotopic (exact) mass is 409 g/mol. The smallest absolute Gasteiger partial charge is 0.162 e. The number of hydrogen-bond acceptors (Lipinski definition) is 0. The van der Waals surface area contributed by atoms with Gasteiger partial charge in [-0.2, -0.15) is 11.1 Å². The van der Waals surface area contributed by atoms with Crippen molar-refractivity contribution in [1.82, 2.24) is 0 Å². The van der Waals surface area contributed by atoms with Gasteiger partial charge < -0.3 is 0 Å². The Morgan fingerprint density at radius 2 is 1.71 bits per heavy atom. The lowest BCUT2D eigenvalue weighted by atomic mass is 9.84. The van der Waals surface area contributed by atoms with Gasteiger partial charge >= 0.3 is 0 Å². The standard InChI is InChI=1S/C26H34ClSi/c1-18(2)24-17-25-21(19-12-14-20(15-13-19)26(3,4)5)9-7-10-23(25)22(24)11-8-16-28(6)27/h7,9-10,12-15,17-18,22H,8,11,16H2,1-6H3. The number of benzene rings is 2. The predicted molar refractivity (Wildman–Crippen MR) is 128 cm³/mol. The maximum absolute atomic E-state index is 6.30. The van der Waals surface area contributed by atoms with Gasteiger partial charge in [0.2, 0.25) is 0 Å².